The van der Waals surface area contributed by atoms with Crippen molar-refractivity contribution in [3.05, 3.63) is 76.3 Å². The molecule has 166 valence electrons. The Morgan fingerprint density at radius 2 is 1.55 bits per heavy atom. The highest BCUT2D eigenvalue weighted by atomic mass is 16.1. The van der Waals surface area contributed by atoms with Gasteiger partial charge in [0, 0.05) is 12.5 Å². The number of benzene rings is 2. The lowest BCUT2D eigenvalue weighted by Gasteiger charge is -2.26. The van der Waals surface area contributed by atoms with Gasteiger partial charge in [-0.25, -0.2) is 15.0 Å². The summed E-state index contributed by atoms with van der Waals surface area (Å²) >= 11 is 0. The lowest BCUT2D eigenvalue weighted by molar-refractivity contribution is 0.337. The Morgan fingerprint density at radius 1 is 0.848 bits per heavy atom. The molecule has 6 rings (SSSR count). The number of hydrogen-bond acceptors (Lipinski definition) is 4. The van der Waals surface area contributed by atoms with E-state index in [1.54, 1.807) is 0 Å². The zero-order valence-corrected chi connectivity index (χ0v) is 18.9. The van der Waals surface area contributed by atoms with Crippen molar-refractivity contribution in [1.29, 1.82) is 0 Å². The van der Waals surface area contributed by atoms with E-state index in [1.165, 1.54) is 19.3 Å². The highest BCUT2D eigenvalue weighted by Crippen LogP contribution is 2.31. The summed E-state index contributed by atoms with van der Waals surface area (Å²) < 4.78 is 4.05. The van der Waals surface area contributed by atoms with Crippen molar-refractivity contribution in [2.75, 3.05) is 0 Å². The zero-order chi connectivity index (χ0) is 22.4. The first-order valence-corrected chi connectivity index (χ1v) is 12.0. The predicted octanol–water partition coefficient (Wildman–Crippen LogP) is 5.41. The van der Waals surface area contributed by atoms with Crippen LogP contribution in [0.25, 0.3) is 33.2 Å². The van der Waals surface area contributed by atoms with Crippen LogP contribution < -0.4 is 5.56 Å². The first kappa shape index (κ1) is 20.1. The molecule has 6 nitrogen and oxygen atoms in total. The summed E-state index contributed by atoms with van der Waals surface area (Å²) in [5.74, 6) is 0.862. The van der Waals surface area contributed by atoms with Crippen LogP contribution in [0.15, 0.2) is 59.4 Å². The molecular weight excluding hydrogens is 410 g/mol. The molecule has 5 aromatic rings. The summed E-state index contributed by atoms with van der Waals surface area (Å²) in [5, 5.41) is 0.599. The van der Waals surface area contributed by atoms with Crippen LogP contribution in [0.3, 0.4) is 0 Å². The van der Waals surface area contributed by atoms with Crippen molar-refractivity contribution in [2.45, 2.75) is 58.0 Å². The zero-order valence-electron chi connectivity index (χ0n) is 18.9. The molecule has 1 aliphatic rings. The third kappa shape index (κ3) is 3.32. The molecule has 3 heterocycles. The summed E-state index contributed by atoms with van der Waals surface area (Å²) in [6.07, 6.45) is 6.37. The van der Waals surface area contributed by atoms with E-state index in [4.69, 9.17) is 15.0 Å². The summed E-state index contributed by atoms with van der Waals surface area (Å²) in [7, 11) is 0. The molecule has 1 saturated carbocycles. The lowest BCUT2D eigenvalue weighted by atomic mass is 9.95. The molecule has 2 aromatic carbocycles. The molecular formula is C27H27N5O. The van der Waals surface area contributed by atoms with E-state index in [0.717, 1.165) is 47.3 Å². The predicted molar refractivity (Wildman–Crippen MR) is 132 cm³/mol. The number of aromatic nitrogens is 5. The average Bonchev–Trinajstić information content (AvgIpc) is 3.16. The van der Waals surface area contributed by atoms with E-state index < -0.39 is 0 Å². The van der Waals surface area contributed by atoms with E-state index >= 15 is 0 Å². The van der Waals surface area contributed by atoms with Crippen LogP contribution >= 0.6 is 0 Å². The van der Waals surface area contributed by atoms with Gasteiger partial charge in [0.15, 0.2) is 11.3 Å². The second-order valence-electron chi connectivity index (χ2n) is 9.00. The Bertz CT molecular complexity index is 1530. The molecule has 3 aromatic heterocycles. The fourth-order valence-corrected chi connectivity index (χ4v) is 5.30. The molecule has 0 N–H and O–H groups in total. The number of fused-ring (bicyclic) bond motifs is 4. The van der Waals surface area contributed by atoms with Gasteiger partial charge in [-0.05, 0) is 30.5 Å². The van der Waals surface area contributed by atoms with Crippen LogP contribution in [0.4, 0.5) is 0 Å². The number of nitrogens with zero attached hydrogens (tertiary/aromatic N) is 5. The fraction of sp³-hybridized carbons (Fsp3) is 0.333. The van der Waals surface area contributed by atoms with Crippen LogP contribution in [0, 0.1) is 0 Å². The topological polar surface area (TPSA) is 65.6 Å². The Labute approximate surface area is 191 Å². The van der Waals surface area contributed by atoms with Gasteiger partial charge in [0.25, 0.3) is 5.56 Å². The summed E-state index contributed by atoms with van der Waals surface area (Å²) in [6.45, 7) is 2.68. The Kier molecular flexibility index (Phi) is 4.93. The van der Waals surface area contributed by atoms with Crippen LogP contribution in [-0.2, 0) is 13.0 Å². The van der Waals surface area contributed by atoms with Crippen LogP contribution in [0.5, 0.6) is 0 Å². The van der Waals surface area contributed by atoms with Crippen LogP contribution in [0.1, 0.15) is 56.5 Å². The summed E-state index contributed by atoms with van der Waals surface area (Å²) in [5.41, 5.74) is 4.87. The van der Waals surface area contributed by atoms with Gasteiger partial charge in [0.1, 0.15) is 16.7 Å². The molecule has 0 spiro atoms. The molecule has 0 radical (unpaired) electrons. The van der Waals surface area contributed by atoms with Crippen molar-refractivity contribution in [1.82, 2.24) is 24.1 Å². The van der Waals surface area contributed by atoms with Gasteiger partial charge in [0.2, 0.25) is 0 Å². The van der Waals surface area contributed by atoms with Gasteiger partial charge in [0.05, 0.1) is 17.6 Å². The third-order valence-electron chi connectivity index (χ3n) is 6.91. The first-order valence-electron chi connectivity index (χ1n) is 12.0. The second kappa shape index (κ2) is 8.10. The SMILES string of the molecule is CCc1nc2c(c(=O)n1C1CCCCC1)c1nc3ccccc3nc1n2Cc1ccccc1. The van der Waals surface area contributed by atoms with Gasteiger partial charge in [-0.3, -0.25) is 9.36 Å². The minimum atomic E-state index is 0.0325. The molecule has 1 aliphatic carbocycles. The summed E-state index contributed by atoms with van der Waals surface area (Å²) in [6, 6.07) is 18.3. The van der Waals surface area contributed by atoms with Gasteiger partial charge in [-0.15, -0.1) is 0 Å². The van der Waals surface area contributed by atoms with Crippen molar-refractivity contribution < 1.29 is 0 Å². The molecule has 1 fully saturated rings. The number of rotatable bonds is 4. The maximum atomic E-state index is 14.1. The second-order valence-corrected chi connectivity index (χ2v) is 9.00. The van der Waals surface area contributed by atoms with Crippen LogP contribution in [-0.4, -0.2) is 24.1 Å². The molecule has 0 unspecified atom stereocenters. The standard InChI is InChI=1S/C27H27N5O/c1-2-22-30-25-23(27(33)32(22)19-13-7-4-8-14-19)24-26(29-21-16-10-9-15-20(21)28-24)31(25)17-18-11-5-3-6-12-18/h3,5-6,9-12,15-16,19H,2,4,7-8,13-14,17H2,1H3. The Balaban J connectivity index is 1.70. The van der Waals surface area contributed by atoms with Gasteiger partial charge in [-0.1, -0.05) is 68.7 Å². The van der Waals surface area contributed by atoms with Gasteiger partial charge >= 0.3 is 0 Å². The molecule has 6 heteroatoms. The molecule has 0 atom stereocenters. The first-order chi connectivity index (χ1) is 16.2. The largest absolute Gasteiger partial charge is 0.304 e. The molecule has 0 aliphatic heterocycles. The maximum absolute atomic E-state index is 14.1. The van der Waals surface area contributed by atoms with Crippen molar-refractivity contribution in [3.8, 4) is 0 Å². The number of para-hydroxylation sites is 2. The normalized spacial score (nSPS) is 15.1. The van der Waals surface area contributed by atoms with Gasteiger partial charge in [-0.2, -0.15) is 0 Å². The minimum Gasteiger partial charge on any atom is -0.304 e. The average molecular weight is 438 g/mol. The van der Waals surface area contributed by atoms with Crippen molar-refractivity contribution >= 4 is 33.2 Å². The Morgan fingerprint density at radius 3 is 2.27 bits per heavy atom. The highest BCUT2D eigenvalue weighted by molar-refractivity contribution is 6.04. The van der Waals surface area contributed by atoms with E-state index in [9.17, 15) is 4.79 Å². The summed E-state index contributed by atoms with van der Waals surface area (Å²) in [4.78, 5) is 29.1. The van der Waals surface area contributed by atoms with E-state index in [-0.39, 0.29) is 11.6 Å². The van der Waals surface area contributed by atoms with Crippen molar-refractivity contribution in [3.63, 3.8) is 0 Å². The van der Waals surface area contributed by atoms with Gasteiger partial charge < -0.3 is 4.57 Å². The van der Waals surface area contributed by atoms with Crippen molar-refractivity contribution in [2.24, 2.45) is 0 Å². The van der Waals surface area contributed by atoms with E-state index in [2.05, 4.69) is 23.6 Å². The lowest BCUT2D eigenvalue weighted by Crippen LogP contribution is -2.30. The monoisotopic (exact) mass is 437 g/mol. The fourth-order valence-electron chi connectivity index (χ4n) is 5.30. The number of aryl methyl sites for hydroxylation is 1. The highest BCUT2D eigenvalue weighted by Gasteiger charge is 2.25. The van der Waals surface area contributed by atoms with E-state index in [0.29, 0.717) is 23.1 Å². The minimum absolute atomic E-state index is 0.0325. The third-order valence-corrected chi connectivity index (χ3v) is 6.91. The smallest absolute Gasteiger partial charge is 0.265 e. The van der Waals surface area contributed by atoms with E-state index in [1.807, 2.05) is 47.0 Å². The quantitative estimate of drug-likeness (QED) is 0.377. The Hall–Kier alpha value is -3.54. The maximum Gasteiger partial charge on any atom is 0.265 e. The molecule has 0 amide bonds. The number of hydrogen-bond donors (Lipinski definition) is 0. The molecule has 33 heavy (non-hydrogen) atoms. The van der Waals surface area contributed by atoms with Crippen LogP contribution in [0.2, 0.25) is 0 Å². The molecule has 0 bridgehead atoms. The molecule has 0 saturated heterocycles.